The minimum absolute atomic E-state index is 0.111. The first-order valence-electron chi connectivity index (χ1n) is 11.7. The van der Waals surface area contributed by atoms with Gasteiger partial charge in [-0.05, 0) is 72.1 Å². The van der Waals surface area contributed by atoms with Crippen molar-refractivity contribution in [3.63, 3.8) is 0 Å². The van der Waals surface area contributed by atoms with Gasteiger partial charge in [-0.3, -0.25) is 14.3 Å². The number of hydrogen-bond acceptors (Lipinski definition) is 5. The number of nitrogens with zero attached hydrogens (tertiary/aromatic N) is 4. The van der Waals surface area contributed by atoms with Crippen molar-refractivity contribution >= 4 is 29.3 Å². The van der Waals surface area contributed by atoms with Gasteiger partial charge in [0.25, 0.3) is 5.91 Å². The molecule has 2 heterocycles. The summed E-state index contributed by atoms with van der Waals surface area (Å²) >= 11 is 8.09. The third-order valence-corrected chi connectivity index (χ3v) is 7.12. The van der Waals surface area contributed by atoms with E-state index in [0.717, 1.165) is 33.1 Å². The molecule has 2 aromatic heterocycles. The van der Waals surface area contributed by atoms with Crippen LogP contribution >= 0.6 is 23.4 Å². The van der Waals surface area contributed by atoms with E-state index in [2.05, 4.69) is 39.6 Å². The maximum Gasteiger partial charge on any atom is 0.251 e. The van der Waals surface area contributed by atoms with E-state index in [1.807, 2.05) is 77.4 Å². The number of rotatable bonds is 8. The van der Waals surface area contributed by atoms with E-state index >= 15 is 0 Å². The molecule has 1 amide bonds. The van der Waals surface area contributed by atoms with Crippen LogP contribution in [0, 0.1) is 6.92 Å². The van der Waals surface area contributed by atoms with Crippen LogP contribution in [-0.4, -0.2) is 25.7 Å². The predicted molar refractivity (Wildman–Crippen MR) is 148 cm³/mol. The van der Waals surface area contributed by atoms with Crippen LogP contribution in [0.25, 0.3) is 17.1 Å². The van der Waals surface area contributed by atoms with Gasteiger partial charge in [-0.1, -0.05) is 59.8 Å². The summed E-state index contributed by atoms with van der Waals surface area (Å²) in [5.74, 6) is 1.25. The summed E-state index contributed by atoms with van der Waals surface area (Å²) in [7, 11) is 0. The SMILES string of the molecule is Cc1cccc(-n2c(SCc3ccc(C(=O)NCc4ccncc4)cc3)nnc2-c2ccccc2Cl)c1. The van der Waals surface area contributed by atoms with E-state index in [-0.39, 0.29) is 5.91 Å². The summed E-state index contributed by atoms with van der Waals surface area (Å²) in [6.45, 7) is 2.52. The Labute approximate surface area is 224 Å². The molecule has 184 valence electrons. The molecule has 0 saturated carbocycles. The Morgan fingerprint density at radius 2 is 1.70 bits per heavy atom. The van der Waals surface area contributed by atoms with Gasteiger partial charge in [0.2, 0.25) is 0 Å². The maximum absolute atomic E-state index is 12.5. The number of aromatic nitrogens is 4. The van der Waals surface area contributed by atoms with E-state index < -0.39 is 0 Å². The van der Waals surface area contributed by atoms with Crippen molar-refractivity contribution in [1.29, 1.82) is 0 Å². The predicted octanol–water partition coefficient (Wildman–Crippen LogP) is 6.51. The lowest BCUT2D eigenvalue weighted by molar-refractivity contribution is 0.0951. The minimum atomic E-state index is -0.111. The van der Waals surface area contributed by atoms with Crippen molar-refractivity contribution < 1.29 is 4.79 Å². The van der Waals surface area contributed by atoms with Crippen LogP contribution in [0.5, 0.6) is 0 Å². The van der Waals surface area contributed by atoms with Crippen molar-refractivity contribution in [2.24, 2.45) is 0 Å². The van der Waals surface area contributed by atoms with E-state index in [1.165, 1.54) is 0 Å². The first-order chi connectivity index (χ1) is 18.1. The number of halogens is 1. The number of carbonyl (C=O) groups excluding carboxylic acids is 1. The number of nitrogens with one attached hydrogen (secondary N) is 1. The Morgan fingerprint density at radius 1 is 0.919 bits per heavy atom. The van der Waals surface area contributed by atoms with Crippen LogP contribution in [0.2, 0.25) is 5.02 Å². The third kappa shape index (κ3) is 5.90. The second-order valence-corrected chi connectivity index (χ2v) is 9.83. The van der Waals surface area contributed by atoms with Crippen molar-refractivity contribution in [2.75, 3.05) is 0 Å². The fourth-order valence-corrected chi connectivity index (χ4v) is 4.99. The van der Waals surface area contributed by atoms with Crippen LogP contribution in [0.1, 0.15) is 27.0 Å². The lowest BCUT2D eigenvalue weighted by atomic mass is 10.1. The normalized spacial score (nSPS) is 10.9. The Hall–Kier alpha value is -3.94. The fraction of sp³-hybridized carbons (Fsp3) is 0.103. The van der Waals surface area contributed by atoms with E-state index in [1.54, 1.807) is 24.2 Å². The molecule has 8 heteroatoms. The van der Waals surface area contributed by atoms with Crippen molar-refractivity contribution in [2.45, 2.75) is 24.4 Å². The number of thioether (sulfide) groups is 1. The second-order valence-electron chi connectivity index (χ2n) is 8.48. The van der Waals surface area contributed by atoms with Crippen molar-refractivity contribution in [3.05, 3.63) is 125 Å². The summed E-state index contributed by atoms with van der Waals surface area (Å²) in [6, 6.07) is 27.3. The number of aryl methyl sites for hydroxylation is 1. The molecular formula is C29H24ClN5OS. The Kier molecular flexibility index (Phi) is 7.63. The largest absolute Gasteiger partial charge is 0.348 e. The molecule has 0 saturated heterocycles. The zero-order chi connectivity index (χ0) is 25.6. The Bertz CT molecular complexity index is 1520. The van der Waals surface area contributed by atoms with Crippen LogP contribution in [-0.2, 0) is 12.3 Å². The van der Waals surface area contributed by atoms with Gasteiger partial charge < -0.3 is 5.32 Å². The maximum atomic E-state index is 12.5. The Balaban J connectivity index is 1.33. The molecule has 1 N–H and O–H groups in total. The van der Waals surface area contributed by atoms with Gasteiger partial charge in [0, 0.05) is 41.5 Å². The highest BCUT2D eigenvalue weighted by Crippen LogP contribution is 2.33. The molecule has 0 aliphatic rings. The average molecular weight is 526 g/mol. The highest BCUT2D eigenvalue weighted by atomic mass is 35.5. The molecule has 0 atom stereocenters. The summed E-state index contributed by atoms with van der Waals surface area (Å²) in [6.07, 6.45) is 3.43. The van der Waals surface area contributed by atoms with Gasteiger partial charge in [-0.15, -0.1) is 10.2 Å². The first-order valence-corrected chi connectivity index (χ1v) is 13.1. The van der Waals surface area contributed by atoms with Crippen molar-refractivity contribution in [1.82, 2.24) is 25.1 Å². The number of benzene rings is 3. The average Bonchev–Trinajstić information content (AvgIpc) is 3.35. The van der Waals surface area contributed by atoms with Gasteiger partial charge in [0.15, 0.2) is 11.0 Å². The smallest absolute Gasteiger partial charge is 0.251 e. The highest BCUT2D eigenvalue weighted by molar-refractivity contribution is 7.98. The van der Waals surface area contributed by atoms with E-state index in [9.17, 15) is 4.79 Å². The second kappa shape index (κ2) is 11.4. The standard InChI is InChI=1S/C29H24ClN5OS/c1-20-5-4-6-24(17-20)35-27(25-7-2-3-8-26(25)30)33-34-29(35)37-19-22-9-11-23(12-10-22)28(36)32-18-21-13-15-31-16-14-21/h2-17H,18-19H2,1H3,(H,32,36). The number of carbonyl (C=O) groups is 1. The lowest BCUT2D eigenvalue weighted by Gasteiger charge is -2.12. The van der Waals surface area contributed by atoms with E-state index in [4.69, 9.17) is 11.6 Å². The van der Waals surface area contributed by atoms with Gasteiger partial charge >= 0.3 is 0 Å². The molecule has 0 fully saturated rings. The third-order valence-electron chi connectivity index (χ3n) is 5.79. The molecule has 0 radical (unpaired) electrons. The number of amides is 1. The molecule has 3 aromatic carbocycles. The molecule has 0 bridgehead atoms. The summed E-state index contributed by atoms with van der Waals surface area (Å²) in [4.78, 5) is 16.5. The topological polar surface area (TPSA) is 72.7 Å². The lowest BCUT2D eigenvalue weighted by Crippen LogP contribution is -2.22. The monoisotopic (exact) mass is 525 g/mol. The molecule has 0 unspecified atom stereocenters. The molecule has 37 heavy (non-hydrogen) atoms. The molecule has 0 aliphatic heterocycles. The molecule has 5 rings (SSSR count). The van der Waals surface area contributed by atoms with Gasteiger partial charge in [-0.25, -0.2) is 0 Å². The summed E-state index contributed by atoms with van der Waals surface area (Å²) in [5.41, 5.74) is 5.65. The van der Waals surface area contributed by atoms with Gasteiger partial charge in [0.05, 0.1) is 5.02 Å². The van der Waals surface area contributed by atoms with Crippen LogP contribution < -0.4 is 5.32 Å². The quantitative estimate of drug-likeness (QED) is 0.234. The minimum Gasteiger partial charge on any atom is -0.348 e. The number of hydrogen-bond donors (Lipinski definition) is 1. The van der Waals surface area contributed by atoms with E-state index in [0.29, 0.717) is 28.7 Å². The van der Waals surface area contributed by atoms with Crippen molar-refractivity contribution in [3.8, 4) is 17.1 Å². The van der Waals surface area contributed by atoms with Gasteiger partial charge in [-0.2, -0.15) is 0 Å². The van der Waals surface area contributed by atoms with Crippen LogP contribution in [0.3, 0.4) is 0 Å². The zero-order valence-corrected chi connectivity index (χ0v) is 21.7. The fourth-order valence-electron chi connectivity index (χ4n) is 3.87. The number of pyridine rings is 1. The molecule has 6 nitrogen and oxygen atoms in total. The highest BCUT2D eigenvalue weighted by Gasteiger charge is 2.18. The van der Waals surface area contributed by atoms with Gasteiger partial charge in [0.1, 0.15) is 0 Å². The zero-order valence-electron chi connectivity index (χ0n) is 20.1. The molecule has 0 spiro atoms. The summed E-state index contributed by atoms with van der Waals surface area (Å²) < 4.78 is 2.04. The molecule has 5 aromatic rings. The molecule has 0 aliphatic carbocycles. The van der Waals surface area contributed by atoms with Crippen LogP contribution in [0.4, 0.5) is 0 Å². The molecular weight excluding hydrogens is 502 g/mol. The first kappa shape index (κ1) is 24.7. The Morgan fingerprint density at radius 3 is 2.46 bits per heavy atom. The van der Waals surface area contributed by atoms with Crippen LogP contribution in [0.15, 0.2) is 102 Å². The summed E-state index contributed by atoms with van der Waals surface area (Å²) in [5, 5.41) is 13.3.